The molecule has 0 aromatic heterocycles. The van der Waals surface area contributed by atoms with Crippen LogP contribution in [0, 0.1) is 22.6 Å². The van der Waals surface area contributed by atoms with Crippen LogP contribution >= 0.6 is 0 Å². The first-order valence-electron chi connectivity index (χ1n) is 4.97. The number of amides is 1. The Bertz CT molecular complexity index is 478. The van der Waals surface area contributed by atoms with Gasteiger partial charge in [-0.05, 0) is 26.0 Å². The molecule has 90 valence electrons. The largest absolute Gasteiger partial charge is 0.495 e. The summed E-state index contributed by atoms with van der Waals surface area (Å²) in [5.41, 5.74) is -0.974. The van der Waals surface area contributed by atoms with Crippen molar-refractivity contribution >= 4 is 11.6 Å². The molecule has 0 bridgehead atoms. The molecule has 1 amide bonds. The molecule has 5 heteroatoms. The summed E-state index contributed by atoms with van der Waals surface area (Å²) in [6, 6.07) is 5.64. The van der Waals surface area contributed by atoms with Crippen LogP contribution < -0.4 is 10.1 Å². The van der Waals surface area contributed by atoms with Gasteiger partial charge in [0.2, 0.25) is 5.91 Å². The number of rotatable bonds is 3. The molecular formula is C12H13FN2O2. The average Bonchev–Trinajstić information content (AvgIpc) is 2.29. The van der Waals surface area contributed by atoms with Crippen molar-refractivity contribution < 1.29 is 13.9 Å². The molecule has 0 unspecified atom stereocenters. The van der Waals surface area contributed by atoms with E-state index in [1.54, 1.807) is 0 Å². The molecule has 0 saturated heterocycles. The fraction of sp³-hybridized carbons (Fsp3) is 0.333. The fourth-order valence-electron chi connectivity index (χ4n) is 1.11. The summed E-state index contributed by atoms with van der Waals surface area (Å²) >= 11 is 0. The number of halogens is 1. The predicted molar refractivity (Wildman–Crippen MR) is 61.0 cm³/mol. The number of anilines is 1. The monoisotopic (exact) mass is 236 g/mol. The molecule has 0 radical (unpaired) electrons. The third-order valence-corrected chi connectivity index (χ3v) is 2.26. The van der Waals surface area contributed by atoms with Gasteiger partial charge in [-0.1, -0.05) is 0 Å². The van der Waals surface area contributed by atoms with Gasteiger partial charge < -0.3 is 10.1 Å². The van der Waals surface area contributed by atoms with Gasteiger partial charge in [0.05, 0.1) is 18.9 Å². The van der Waals surface area contributed by atoms with Crippen molar-refractivity contribution in [2.45, 2.75) is 13.8 Å². The van der Waals surface area contributed by atoms with Crippen LogP contribution in [0.25, 0.3) is 0 Å². The van der Waals surface area contributed by atoms with Gasteiger partial charge in [-0.2, -0.15) is 5.26 Å². The van der Waals surface area contributed by atoms with E-state index in [4.69, 9.17) is 10.00 Å². The fourth-order valence-corrected chi connectivity index (χ4v) is 1.11. The molecule has 0 saturated carbocycles. The van der Waals surface area contributed by atoms with Gasteiger partial charge in [0, 0.05) is 6.07 Å². The molecule has 0 aliphatic heterocycles. The van der Waals surface area contributed by atoms with Crippen LogP contribution in [-0.2, 0) is 4.79 Å². The Balaban J connectivity index is 3.00. The molecule has 1 rings (SSSR count). The van der Waals surface area contributed by atoms with Crippen molar-refractivity contribution in [3.05, 3.63) is 24.0 Å². The molecule has 17 heavy (non-hydrogen) atoms. The van der Waals surface area contributed by atoms with E-state index in [1.165, 1.54) is 33.1 Å². The molecule has 1 aromatic rings. The van der Waals surface area contributed by atoms with Crippen LogP contribution in [0.4, 0.5) is 10.1 Å². The van der Waals surface area contributed by atoms with E-state index in [0.29, 0.717) is 5.75 Å². The number of hydrogen-bond acceptors (Lipinski definition) is 3. The molecule has 0 fully saturated rings. The summed E-state index contributed by atoms with van der Waals surface area (Å²) in [4.78, 5) is 11.7. The second kappa shape index (κ2) is 4.83. The summed E-state index contributed by atoms with van der Waals surface area (Å²) in [6.45, 7) is 2.96. The summed E-state index contributed by atoms with van der Waals surface area (Å²) in [5, 5.41) is 11.3. The Kier molecular flexibility index (Phi) is 3.69. The minimum atomic E-state index is -1.18. The number of hydrogen-bond donors (Lipinski definition) is 1. The highest BCUT2D eigenvalue weighted by Gasteiger charge is 2.28. The van der Waals surface area contributed by atoms with Crippen LogP contribution in [0.3, 0.4) is 0 Å². The van der Waals surface area contributed by atoms with E-state index in [1.807, 2.05) is 6.07 Å². The number of carbonyl (C=O) groups is 1. The molecule has 0 aliphatic rings. The third-order valence-electron chi connectivity index (χ3n) is 2.26. The smallest absolute Gasteiger partial charge is 0.244 e. The van der Waals surface area contributed by atoms with E-state index in [-0.39, 0.29) is 5.69 Å². The first-order valence-corrected chi connectivity index (χ1v) is 4.97. The lowest BCUT2D eigenvalue weighted by Crippen LogP contribution is -2.29. The molecular weight excluding hydrogens is 223 g/mol. The molecule has 1 aromatic carbocycles. The molecule has 1 N–H and O–H groups in total. The summed E-state index contributed by atoms with van der Waals surface area (Å²) in [7, 11) is 1.42. The van der Waals surface area contributed by atoms with Crippen molar-refractivity contribution in [2.75, 3.05) is 12.4 Å². The van der Waals surface area contributed by atoms with E-state index in [0.717, 1.165) is 6.07 Å². The zero-order chi connectivity index (χ0) is 13.1. The van der Waals surface area contributed by atoms with E-state index >= 15 is 0 Å². The zero-order valence-corrected chi connectivity index (χ0v) is 9.87. The lowest BCUT2D eigenvalue weighted by molar-refractivity contribution is -0.121. The topological polar surface area (TPSA) is 62.1 Å². The SMILES string of the molecule is COc1ccc(F)cc1NC(=O)C(C)(C)C#N. The van der Waals surface area contributed by atoms with Crippen molar-refractivity contribution in [2.24, 2.45) is 5.41 Å². The summed E-state index contributed by atoms with van der Waals surface area (Å²) < 4.78 is 18.0. The Morgan fingerprint density at radius 3 is 2.71 bits per heavy atom. The van der Waals surface area contributed by atoms with Gasteiger partial charge in [-0.25, -0.2) is 4.39 Å². The predicted octanol–water partition coefficient (Wildman–Crippen LogP) is 2.32. The van der Waals surface area contributed by atoms with Crippen molar-refractivity contribution in [1.29, 1.82) is 5.26 Å². The van der Waals surface area contributed by atoms with E-state index in [2.05, 4.69) is 5.32 Å². The Morgan fingerprint density at radius 2 is 2.18 bits per heavy atom. The molecule has 0 spiro atoms. The van der Waals surface area contributed by atoms with Gasteiger partial charge in [-0.15, -0.1) is 0 Å². The van der Waals surface area contributed by atoms with Crippen LogP contribution in [0.1, 0.15) is 13.8 Å². The van der Waals surface area contributed by atoms with Crippen molar-refractivity contribution in [3.63, 3.8) is 0 Å². The highest BCUT2D eigenvalue weighted by atomic mass is 19.1. The minimum Gasteiger partial charge on any atom is -0.495 e. The number of ether oxygens (including phenoxy) is 1. The van der Waals surface area contributed by atoms with Gasteiger partial charge in [0.1, 0.15) is 17.0 Å². The Hall–Kier alpha value is -2.09. The normalized spacial score (nSPS) is 10.5. The average molecular weight is 236 g/mol. The van der Waals surface area contributed by atoms with E-state index < -0.39 is 17.1 Å². The summed E-state index contributed by atoms with van der Waals surface area (Å²) in [6.07, 6.45) is 0. The first-order chi connectivity index (χ1) is 7.90. The van der Waals surface area contributed by atoms with Crippen molar-refractivity contribution in [3.8, 4) is 11.8 Å². The Labute approximate surface area is 99.0 Å². The number of methoxy groups -OCH3 is 1. The zero-order valence-electron chi connectivity index (χ0n) is 9.87. The van der Waals surface area contributed by atoms with E-state index in [9.17, 15) is 9.18 Å². The quantitative estimate of drug-likeness (QED) is 0.876. The van der Waals surface area contributed by atoms with Crippen LogP contribution in [0.15, 0.2) is 18.2 Å². The highest BCUT2D eigenvalue weighted by molar-refractivity contribution is 5.97. The van der Waals surface area contributed by atoms with Crippen molar-refractivity contribution in [1.82, 2.24) is 0 Å². The van der Waals surface area contributed by atoms with Gasteiger partial charge in [0.15, 0.2) is 0 Å². The van der Waals surface area contributed by atoms with Crippen LogP contribution in [0.2, 0.25) is 0 Å². The molecule has 0 atom stereocenters. The van der Waals surface area contributed by atoms with Crippen LogP contribution in [-0.4, -0.2) is 13.0 Å². The first kappa shape index (κ1) is 13.0. The highest BCUT2D eigenvalue weighted by Crippen LogP contribution is 2.27. The summed E-state index contributed by atoms with van der Waals surface area (Å²) in [5.74, 6) is -0.659. The molecule has 4 nitrogen and oxygen atoms in total. The van der Waals surface area contributed by atoms with Gasteiger partial charge >= 0.3 is 0 Å². The third kappa shape index (κ3) is 2.94. The standard InChI is InChI=1S/C12H13FN2O2/c1-12(2,7-14)11(16)15-9-6-8(13)4-5-10(9)17-3/h4-6H,1-3H3,(H,15,16). The maximum absolute atomic E-state index is 13.0. The number of nitrogens with zero attached hydrogens (tertiary/aromatic N) is 1. The lowest BCUT2D eigenvalue weighted by Gasteiger charge is -2.16. The second-order valence-corrected chi connectivity index (χ2v) is 4.04. The minimum absolute atomic E-state index is 0.209. The number of carbonyl (C=O) groups excluding carboxylic acids is 1. The Morgan fingerprint density at radius 1 is 1.53 bits per heavy atom. The second-order valence-electron chi connectivity index (χ2n) is 4.04. The molecule has 0 aliphatic carbocycles. The number of benzene rings is 1. The molecule has 0 heterocycles. The maximum Gasteiger partial charge on any atom is 0.244 e. The van der Waals surface area contributed by atoms with Gasteiger partial charge in [-0.3, -0.25) is 4.79 Å². The van der Waals surface area contributed by atoms with Crippen LogP contribution in [0.5, 0.6) is 5.75 Å². The maximum atomic E-state index is 13.0. The number of nitriles is 1. The number of nitrogens with one attached hydrogen (secondary N) is 1. The lowest BCUT2D eigenvalue weighted by atomic mass is 9.94. The van der Waals surface area contributed by atoms with Gasteiger partial charge in [0.25, 0.3) is 0 Å².